The summed E-state index contributed by atoms with van der Waals surface area (Å²) in [5.41, 5.74) is 8.13. The van der Waals surface area contributed by atoms with Crippen LogP contribution in [-0.2, 0) is 6.42 Å². The molecule has 1 aromatic carbocycles. The molecular weight excluding hydrogens is 212 g/mol. The molecule has 0 spiro atoms. The van der Waals surface area contributed by atoms with Gasteiger partial charge < -0.3 is 5.73 Å². The van der Waals surface area contributed by atoms with Crippen molar-refractivity contribution in [2.24, 2.45) is 5.73 Å². The van der Waals surface area contributed by atoms with Crippen molar-refractivity contribution in [1.29, 1.82) is 0 Å². The van der Waals surface area contributed by atoms with E-state index in [0.717, 1.165) is 24.4 Å². The first kappa shape index (κ1) is 10.5. The summed E-state index contributed by atoms with van der Waals surface area (Å²) in [7, 11) is 0. The number of fused-ring (bicyclic) bond motifs is 1. The number of nitrogens with zero attached hydrogens (tertiary/aromatic N) is 3. The summed E-state index contributed by atoms with van der Waals surface area (Å²) in [6.45, 7) is 2.78. The van der Waals surface area contributed by atoms with Crippen molar-refractivity contribution in [2.45, 2.75) is 25.8 Å². The van der Waals surface area contributed by atoms with E-state index in [1.54, 1.807) is 0 Å². The molecule has 0 radical (unpaired) electrons. The van der Waals surface area contributed by atoms with E-state index in [4.69, 9.17) is 5.73 Å². The molecule has 2 aromatic rings. The Morgan fingerprint density at radius 1 is 1.41 bits per heavy atom. The standard InChI is InChI=1S/C13H17N4/c1-10-2-4-11(5-3-10)17-9-16-12(8-14)6-7-13(16)15-17/h2-5,9,12H,6-8,14H2,1H3/q+1/t12-/m0/s1. The molecule has 4 heteroatoms. The quantitative estimate of drug-likeness (QED) is 0.778. The van der Waals surface area contributed by atoms with Gasteiger partial charge in [0.25, 0.3) is 5.82 Å². The summed E-state index contributed by atoms with van der Waals surface area (Å²) in [6, 6.07) is 8.81. The first-order valence-electron chi connectivity index (χ1n) is 6.05. The van der Waals surface area contributed by atoms with Gasteiger partial charge in [-0.1, -0.05) is 22.4 Å². The van der Waals surface area contributed by atoms with E-state index in [0.29, 0.717) is 12.6 Å². The van der Waals surface area contributed by atoms with Crippen LogP contribution in [0.2, 0.25) is 0 Å². The van der Waals surface area contributed by atoms with Crippen molar-refractivity contribution in [3.8, 4) is 5.69 Å². The fourth-order valence-corrected chi connectivity index (χ4v) is 2.36. The van der Waals surface area contributed by atoms with E-state index in [2.05, 4.69) is 47.2 Å². The van der Waals surface area contributed by atoms with Crippen molar-refractivity contribution in [2.75, 3.05) is 6.54 Å². The Morgan fingerprint density at radius 2 is 2.18 bits per heavy atom. The Balaban J connectivity index is 1.98. The van der Waals surface area contributed by atoms with E-state index < -0.39 is 0 Å². The number of aromatic nitrogens is 3. The smallest absolute Gasteiger partial charge is 0.278 e. The zero-order chi connectivity index (χ0) is 11.8. The first-order chi connectivity index (χ1) is 8.28. The van der Waals surface area contributed by atoms with Crippen LogP contribution in [0.4, 0.5) is 0 Å². The zero-order valence-corrected chi connectivity index (χ0v) is 10.0. The van der Waals surface area contributed by atoms with Crippen molar-refractivity contribution in [1.82, 2.24) is 9.78 Å². The normalized spacial score (nSPS) is 18.4. The molecule has 0 unspecified atom stereocenters. The predicted molar refractivity (Wildman–Crippen MR) is 64.9 cm³/mol. The van der Waals surface area contributed by atoms with Crippen LogP contribution < -0.4 is 10.3 Å². The minimum Gasteiger partial charge on any atom is -0.327 e. The maximum atomic E-state index is 5.76. The lowest BCUT2D eigenvalue weighted by molar-refractivity contribution is -0.714. The molecule has 3 rings (SSSR count). The van der Waals surface area contributed by atoms with Crippen molar-refractivity contribution >= 4 is 0 Å². The van der Waals surface area contributed by atoms with E-state index >= 15 is 0 Å². The van der Waals surface area contributed by atoms with Gasteiger partial charge >= 0.3 is 0 Å². The van der Waals surface area contributed by atoms with Crippen molar-refractivity contribution < 1.29 is 4.57 Å². The second-order valence-corrected chi connectivity index (χ2v) is 4.65. The predicted octanol–water partition coefficient (Wildman–Crippen LogP) is 0.914. The van der Waals surface area contributed by atoms with Gasteiger partial charge in [0.2, 0.25) is 6.33 Å². The molecule has 0 bridgehead atoms. The molecule has 0 saturated carbocycles. The Morgan fingerprint density at radius 3 is 2.88 bits per heavy atom. The number of benzene rings is 1. The summed E-state index contributed by atoms with van der Waals surface area (Å²) < 4.78 is 4.15. The van der Waals surface area contributed by atoms with Gasteiger partial charge in [-0.2, -0.15) is 0 Å². The largest absolute Gasteiger partial charge is 0.327 e. The molecule has 1 atom stereocenters. The molecule has 0 fully saturated rings. The third kappa shape index (κ3) is 1.74. The lowest BCUT2D eigenvalue weighted by atomic mass is 10.2. The topological polar surface area (TPSA) is 47.7 Å². The highest BCUT2D eigenvalue weighted by Gasteiger charge is 2.30. The average Bonchev–Trinajstić information content (AvgIpc) is 2.89. The number of hydrogen-bond acceptors (Lipinski definition) is 2. The Kier molecular flexibility index (Phi) is 2.44. The molecule has 1 aliphatic rings. The van der Waals surface area contributed by atoms with Crippen LogP contribution >= 0.6 is 0 Å². The van der Waals surface area contributed by atoms with E-state index in [1.807, 2.05) is 4.68 Å². The minimum absolute atomic E-state index is 0.421. The second kappa shape index (κ2) is 3.96. The van der Waals surface area contributed by atoms with Crippen LogP contribution in [0.25, 0.3) is 5.69 Å². The van der Waals surface area contributed by atoms with Gasteiger partial charge in [-0.05, 0) is 25.5 Å². The third-order valence-corrected chi connectivity index (χ3v) is 3.42. The van der Waals surface area contributed by atoms with E-state index in [9.17, 15) is 0 Å². The molecule has 4 nitrogen and oxygen atoms in total. The maximum absolute atomic E-state index is 5.76. The van der Waals surface area contributed by atoms with Crippen molar-refractivity contribution in [3.63, 3.8) is 0 Å². The lowest BCUT2D eigenvalue weighted by Crippen LogP contribution is -2.40. The highest BCUT2D eigenvalue weighted by molar-refractivity contribution is 5.32. The van der Waals surface area contributed by atoms with E-state index in [1.165, 1.54) is 5.56 Å². The fraction of sp³-hybridized carbons (Fsp3) is 0.385. The van der Waals surface area contributed by atoms with Crippen LogP contribution in [0.1, 0.15) is 23.9 Å². The number of aryl methyl sites for hydroxylation is 2. The number of rotatable bonds is 2. The van der Waals surface area contributed by atoms with E-state index in [-0.39, 0.29) is 0 Å². The van der Waals surface area contributed by atoms with Gasteiger partial charge in [-0.3, -0.25) is 0 Å². The van der Waals surface area contributed by atoms with Gasteiger partial charge in [0, 0.05) is 18.1 Å². The average molecular weight is 229 g/mol. The van der Waals surface area contributed by atoms with Crippen LogP contribution in [0.5, 0.6) is 0 Å². The van der Waals surface area contributed by atoms with Gasteiger partial charge in [0.1, 0.15) is 5.69 Å². The molecule has 1 aromatic heterocycles. The summed E-state index contributed by atoms with van der Waals surface area (Å²) in [5, 5.41) is 4.61. The van der Waals surface area contributed by atoms with Crippen LogP contribution in [-0.4, -0.2) is 16.3 Å². The summed E-state index contributed by atoms with van der Waals surface area (Å²) >= 11 is 0. The molecule has 17 heavy (non-hydrogen) atoms. The Hall–Kier alpha value is -1.68. The fourth-order valence-electron chi connectivity index (χ4n) is 2.36. The van der Waals surface area contributed by atoms with Gasteiger partial charge in [-0.15, -0.1) is 0 Å². The molecule has 0 amide bonds. The third-order valence-electron chi connectivity index (χ3n) is 3.42. The molecule has 88 valence electrons. The number of hydrogen-bond donors (Lipinski definition) is 1. The van der Waals surface area contributed by atoms with Crippen LogP contribution in [0, 0.1) is 6.92 Å². The van der Waals surface area contributed by atoms with Gasteiger partial charge in [0.05, 0.1) is 6.04 Å². The second-order valence-electron chi connectivity index (χ2n) is 4.65. The van der Waals surface area contributed by atoms with Crippen LogP contribution in [0.15, 0.2) is 30.6 Å². The van der Waals surface area contributed by atoms with Crippen LogP contribution in [0.3, 0.4) is 0 Å². The molecular formula is C13H17N4+. The number of nitrogens with two attached hydrogens (primary N) is 1. The Labute approximate surface area is 101 Å². The summed E-state index contributed by atoms with van der Waals surface area (Å²) in [4.78, 5) is 0. The monoisotopic (exact) mass is 229 g/mol. The molecule has 0 saturated heterocycles. The summed E-state index contributed by atoms with van der Waals surface area (Å²) in [6.07, 6.45) is 4.21. The first-order valence-corrected chi connectivity index (χ1v) is 6.05. The maximum Gasteiger partial charge on any atom is 0.278 e. The molecule has 0 aliphatic carbocycles. The van der Waals surface area contributed by atoms with Gasteiger partial charge in [0.15, 0.2) is 0 Å². The Bertz CT molecular complexity index is 527. The highest BCUT2D eigenvalue weighted by atomic mass is 15.4. The minimum atomic E-state index is 0.421. The summed E-state index contributed by atoms with van der Waals surface area (Å²) in [5.74, 6) is 1.14. The highest BCUT2D eigenvalue weighted by Crippen LogP contribution is 2.16. The zero-order valence-electron chi connectivity index (χ0n) is 10.0. The lowest BCUT2D eigenvalue weighted by Gasteiger charge is -2.02. The molecule has 2 heterocycles. The molecule has 1 aliphatic heterocycles. The van der Waals surface area contributed by atoms with Gasteiger partial charge in [-0.25, -0.2) is 4.57 Å². The van der Waals surface area contributed by atoms with Crippen molar-refractivity contribution in [3.05, 3.63) is 42.0 Å². The molecule has 2 N–H and O–H groups in total. The SMILES string of the molecule is Cc1ccc(-n2c[n+]3c(n2)CC[C@H]3CN)cc1.